The van der Waals surface area contributed by atoms with Crippen molar-refractivity contribution in [3.8, 4) is 5.69 Å². The molecule has 1 atom stereocenters. The molecule has 0 aliphatic carbocycles. The summed E-state index contributed by atoms with van der Waals surface area (Å²) in [5.74, 6) is -1.61. The molecule has 3 aromatic rings. The smallest absolute Gasteiger partial charge is 0.329 e. The van der Waals surface area contributed by atoms with Crippen LogP contribution in [0.25, 0.3) is 5.69 Å². The van der Waals surface area contributed by atoms with Crippen molar-refractivity contribution in [2.45, 2.75) is 47.6 Å². The first-order chi connectivity index (χ1) is 15.6. The van der Waals surface area contributed by atoms with E-state index in [0.717, 1.165) is 22.6 Å². The van der Waals surface area contributed by atoms with Crippen molar-refractivity contribution in [3.05, 3.63) is 76.5 Å². The number of furan rings is 1. The van der Waals surface area contributed by atoms with Crippen molar-refractivity contribution in [1.29, 1.82) is 0 Å². The van der Waals surface area contributed by atoms with Crippen molar-refractivity contribution in [2.75, 3.05) is 6.61 Å². The Kier molecular flexibility index (Phi) is 7.21. The van der Waals surface area contributed by atoms with E-state index in [1.807, 2.05) is 31.4 Å². The van der Waals surface area contributed by atoms with Gasteiger partial charge in [-0.1, -0.05) is 19.9 Å². The van der Waals surface area contributed by atoms with Crippen LogP contribution in [0.3, 0.4) is 0 Å². The maximum Gasteiger partial charge on any atom is 0.329 e. The third-order valence-electron chi connectivity index (χ3n) is 5.78. The highest BCUT2D eigenvalue weighted by atomic mass is 16.5. The zero-order valence-corrected chi connectivity index (χ0v) is 19.9. The second-order valence-electron chi connectivity index (χ2n) is 8.59. The molecule has 0 fully saturated rings. The maximum atomic E-state index is 12.9. The number of Topliss-reactive ketones (excluding diaryl/α,β-unsaturated/α-hetero) is 1. The van der Waals surface area contributed by atoms with Gasteiger partial charge in [0.15, 0.2) is 12.4 Å². The lowest BCUT2D eigenvalue weighted by Crippen LogP contribution is -2.45. The number of nitrogens with zero attached hydrogens (tertiary/aromatic N) is 1. The van der Waals surface area contributed by atoms with Crippen LogP contribution >= 0.6 is 0 Å². The van der Waals surface area contributed by atoms with Gasteiger partial charge in [0, 0.05) is 22.6 Å². The Morgan fingerprint density at radius 2 is 1.76 bits per heavy atom. The van der Waals surface area contributed by atoms with Gasteiger partial charge < -0.3 is 19.0 Å². The summed E-state index contributed by atoms with van der Waals surface area (Å²) < 4.78 is 12.4. The molecule has 0 aliphatic heterocycles. The van der Waals surface area contributed by atoms with Crippen LogP contribution in [-0.2, 0) is 9.53 Å². The predicted octanol–water partition coefficient (Wildman–Crippen LogP) is 4.48. The summed E-state index contributed by atoms with van der Waals surface area (Å²) in [6.45, 7) is 11.1. The fourth-order valence-corrected chi connectivity index (χ4v) is 3.73. The number of aromatic nitrogens is 1. The normalized spacial score (nSPS) is 12.0. The minimum Gasteiger partial charge on any atom is -0.459 e. The highest BCUT2D eigenvalue weighted by Gasteiger charge is 2.28. The molecule has 0 spiro atoms. The summed E-state index contributed by atoms with van der Waals surface area (Å²) >= 11 is 0. The van der Waals surface area contributed by atoms with Gasteiger partial charge in [-0.3, -0.25) is 9.59 Å². The number of esters is 1. The number of nitrogens with one attached hydrogen (secondary N) is 1. The summed E-state index contributed by atoms with van der Waals surface area (Å²) in [5, 5.41) is 2.62. The first-order valence-electron chi connectivity index (χ1n) is 10.9. The van der Waals surface area contributed by atoms with Crippen molar-refractivity contribution < 1.29 is 23.5 Å². The van der Waals surface area contributed by atoms with E-state index >= 15 is 0 Å². The molecule has 1 aromatic carbocycles. The Hall–Kier alpha value is -3.61. The summed E-state index contributed by atoms with van der Waals surface area (Å²) in [4.78, 5) is 37.8. The molecule has 2 heterocycles. The van der Waals surface area contributed by atoms with Crippen LogP contribution in [0, 0.1) is 33.6 Å². The molecule has 1 unspecified atom stereocenters. The molecule has 0 radical (unpaired) electrons. The molecule has 7 nitrogen and oxygen atoms in total. The Bertz CT molecular complexity index is 1170. The summed E-state index contributed by atoms with van der Waals surface area (Å²) in [6, 6.07) is 10.1. The molecule has 33 heavy (non-hydrogen) atoms. The number of carbonyl (C=O) groups excluding carboxylic acids is 3. The lowest BCUT2D eigenvalue weighted by atomic mass is 10.0. The van der Waals surface area contributed by atoms with Gasteiger partial charge in [0.1, 0.15) is 6.04 Å². The van der Waals surface area contributed by atoms with Crippen molar-refractivity contribution in [2.24, 2.45) is 5.92 Å². The average molecular weight is 451 g/mol. The number of benzene rings is 1. The van der Waals surface area contributed by atoms with E-state index < -0.39 is 24.5 Å². The molecule has 0 aliphatic rings. The molecule has 0 saturated heterocycles. The minimum atomic E-state index is -0.904. The number of ketones is 1. The number of rotatable bonds is 8. The standard InChI is InChI=1S/C26H30N2O5/c1-15(2)24(27-25(30)23-8-7-11-32-23)26(31)33-14-22(29)21-13-18(5)28(19(21)6)20-10-9-16(3)17(4)12-20/h7-13,15,24H,14H2,1-6H3,(H,27,30). The van der Waals surface area contributed by atoms with Crippen LogP contribution in [0.5, 0.6) is 0 Å². The number of aryl methyl sites for hydroxylation is 3. The number of hydrogen-bond donors (Lipinski definition) is 1. The topological polar surface area (TPSA) is 90.5 Å². The monoisotopic (exact) mass is 450 g/mol. The van der Waals surface area contributed by atoms with Gasteiger partial charge in [0.05, 0.1) is 6.26 Å². The Balaban J connectivity index is 1.71. The number of amides is 1. The van der Waals surface area contributed by atoms with Gasteiger partial charge in [0.25, 0.3) is 5.91 Å². The largest absolute Gasteiger partial charge is 0.459 e. The van der Waals surface area contributed by atoms with Gasteiger partial charge in [-0.2, -0.15) is 0 Å². The van der Waals surface area contributed by atoms with Crippen LogP contribution in [0.1, 0.15) is 57.3 Å². The maximum absolute atomic E-state index is 12.9. The van der Waals surface area contributed by atoms with Crippen LogP contribution in [0.2, 0.25) is 0 Å². The molecule has 1 N–H and O–H groups in total. The van der Waals surface area contributed by atoms with Gasteiger partial charge >= 0.3 is 5.97 Å². The fourth-order valence-electron chi connectivity index (χ4n) is 3.73. The number of carbonyl (C=O) groups is 3. The fraction of sp³-hybridized carbons (Fsp3) is 0.346. The van der Waals surface area contributed by atoms with E-state index in [4.69, 9.17) is 9.15 Å². The van der Waals surface area contributed by atoms with Gasteiger partial charge in [-0.15, -0.1) is 0 Å². The molecule has 2 aromatic heterocycles. The van der Waals surface area contributed by atoms with Crippen molar-refractivity contribution >= 4 is 17.7 Å². The van der Waals surface area contributed by atoms with E-state index in [1.54, 1.807) is 26.0 Å². The predicted molar refractivity (Wildman–Crippen MR) is 125 cm³/mol. The van der Waals surface area contributed by atoms with Gasteiger partial charge in [0.2, 0.25) is 5.78 Å². The highest BCUT2D eigenvalue weighted by molar-refractivity contribution is 6.00. The number of ether oxygens (including phenoxy) is 1. The summed E-state index contributed by atoms with van der Waals surface area (Å²) in [5.41, 5.74) is 5.53. The Morgan fingerprint density at radius 3 is 2.36 bits per heavy atom. The third-order valence-corrected chi connectivity index (χ3v) is 5.78. The molecule has 1 amide bonds. The van der Waals surface area contributed by atoms with Crippen LogP contribution < -0.4 is 5.32 Å². The van der Waals surface area contributed by atoms with E-state index in [9.17, 15) is 14.4 Å². The highest BCUT2D eigenvalue weighted by Crippen LogP contribution is 2.23. The zero-order valence-electron chi connectivity index (χ0n) is 19.9. The quantitative estimate of drug-likeness (QED) is 0.404. The second-order valence-corrected chi connectivity index (χ2v) is 8.59. The average Bonchev–Trinajstić information content (AvgIpc) is 3.40. The first kappa shape index (κ1) is 24.0. The molecular weight excluding hydrogens is 420 g/mol. The van der Waals surface area contributed by atoms with Crippen molar-refractivity contribution in [3.63, 3.8) is 0 Å². The minimum absolute atomic E-state index is 0.100. The van der Waals surface area contributed by atoms with E-state index in [-0.39, 0.29) is 17.5 Å². The van der Waals surface area contributed by atoms with Crippen LogP contribution in [-0.4, -0.2) is 34.9 Å². The third kappa shape index (κ3) is 5.25. The molecule has 174 valence electrons. The molecule has 3 rings (SSSR count). The molecule has 0 bridgehead atoms. The molecular formula is C26H30N2O5. The second kappa shape index (κ2) is 9.90. The van der Waals surface area contributed by atoms with Gasteiger partial charge in [-0.05, 0) is 75.1 Å². The zero-order chi connectivity index (χ0) is 24.3. The summed E-state index contributed by atoms with van der Waals surface area (Å²) in [6.07, 6.45) is 1.38. The van der Waals surface area contributed by atoms with E-state index in [1.165, 1.54) is 17.9 Å². The first-order valence-corrected chi connectivity index (χ1v) is 10.9. The van der Waals surface area contributed by atoms with Crippen LogP contribution in [0.15, 0.2) is 47.1 Å². The lowest BCUT2D eigenvalue weighted by molar-refractivity contribution is -0.145. The van der Waals surface area contributed by atoms with Crippen LogP contribution in [0.4, 0.5) is 0 Å². The van der Waals surface area contributed by atoms with E-state index in [2.05, 4.69) is 24.4 Å². The Morgan fingerprint density at radius 1 is 1.03 bits per heavy atom. The number of hydrogen-bond acceptors (Lipinski definition) is 5. The van der Waals surface area contributed by atoms with E-state index in [0.29, 0.717) is 5.56 Å². The summed E-state index contributed by atoms with van der Waals surface area (Å²) in [7, 11) is 0. The van der Waals surface area contributed by atoms with Gasteiger partial charge in [-0.25, -0.2) is 4.79 Å². The SMILES string of the molecule is Cc1ccc(-n2c(C)cc(C(=O)COC(=O)C(NC(=O)c3ccco3)C(C)C)c2C)cc1C. The lowest BCUT2D eigenvalue weighted by Gasteiger charge is -2.20. The Labute approximate surface area is 193 Å². The molecule has 0 saturated carbocycles. The van der Waals surface area contributed by atoms with Crippen molar-refractivity contribution in [1.82, 2.24) is 9.88 Å². The molecule has 7 heteroatoms.